The Morgan fingerprint density at radius 3 is 3.05 bits per heavy atom. The zero-order valence-electron chi connectivity index (χ0n) is 11.5. The smallest absolute Gasteiger partial charge is 0.226 e. The van der Waals surface area contributed by atoms with E-state index in [1.807, 2.05) is 36.2 Å². The number of ether oxygens (including phenoxy) is 1. The van der Waals surface area contributed by atoms with Crippen LogP contribution >= 0.6 is 0 Å². The first-order chi connectivity index (χ1) is 9.15. The molecule has 0 aromatic heterocycles. The van der Waals surface area contributed by atoms with Gasteiger partial charge in [-0.25, -0.2) is 0 Å². The number of rotatable bonds is 4. The van der Waals surface area contributed by atoms with Crippen LogP contribution in [-0.4, -0.2) is 37.6 Å². The predicted octanol–water partition coefficient (Wildman–Crippen LogP) is 1.70. The molecule has 1 atom stereocenters. The molecule has 1 aliphatic rings. The van der Waals surface area contributed by atoms with Crippen LogP contribution in [0.2, 0.25) is 0 Å². The molecule has 0 radical (unpaired) electrons. The molecule has 4 heteroatoms. The molecule has 1 aromatic carbocycles. The van der Waals surface area contributed by atoms with Gasteiger partial charge in [0.05, 0.1) is 13.0 Å². The summed E-state index contributed by atoms with van der Waals surface area (Å²) in [7, 11) is 1.86. The van der Waals surface area contributed by atoms with Crippen molar-refractivity contribution in [2.24, 2.45) is 5.92 Å². The average Bonchev–Trinajstić information content (AvgIpc) is 2.40. The van der Waals surface area contributed by atoms with Gasteiger partial charge in [-0.3, -0.25) is 4.79 Å². The molecule has 1 amide bonds. The lowest BCUT2D eigenvalue weighted by Crippen LogP contribution is -2.35. The van der Waals surface area contributed by atoms with Crippen LogP contribution in [0.4, 0.5) is 5.69 Å². The van der Waals surface area contributed by atoms with Crippen molar-refractivity contribution in [3.63, 3.8) is 0 Å². The Kier molecular flexibility index (Phi) is 4.80. The fourth-order valence-electron chi connectivity index (χ4n) is 2.45. The first-order valence-electron chi connectivity index (χ1n) is 6.81. The van der Waals surface area contributed by atoms with E-state index in [0.29, 0.717) is 18.0 Å². The first-order valence-corrected chi connectivity index (χ1v) is 6.81. The summed E-state index contributed by atoms with van der Waals surface area (Å²) in [5.74, 6) is 0.611. The van der Waals surface area contributed by atoms with Crippen molar-refractivity contribution in [2.75, 3.05) is 32.5 Å². The van der Waals surface area contributed by atoms with Gasteiger partial charge in [-0.15, -0.1) is 0 Å². The number of carbonyl (C=O) groups is 1. The second kappa shape index (κ2) is 6.57. The van der Waals surface area contributed by atoms with Crippen LogP contribution in [0.3, 0.4) is 0 Å². The predicted molar refractivity (Wildman–Crippen MR) is 75.7 cm³/mol. The fraction of sp³-hybridized carbons (Fsp3) is 0.533. The second-order valence-corrected chi connectivity index (χ2v) is 5.28. The Bertz CT molecular complexity index is 428. The largest absolute Gasteiger partial charge is 0.399 e. The summed E-state index contributed by atoms with van der Waals surface area (Å²) in [6, 6.07) is 7.51. The monoisotopic (exact) mass is 262 g/mol. The Balaban J connectivity index is 1.84. The van der Waals surface area contributed by atoms with Gasteiger partial charge in [-0.2, -0.15) is 0 Å². The van der Waals surface area contributed by atoms with Gasteiger partial charge in [-0.05, 0) is 36.5 Å². The number of carbonyl (C=O) groups excluding carboxylic acids is 1. The lowest BCUT2D eigenvalue weighted by molar-refractivity contribution is -0.130. The van der Waals surface area contributed by atoms with E-state index in [1.165, 1.54) is 0 Å². The maximum absolute atomic E-state index is 12.1. The topological polar surface area (TPSA) is 55.6 Å². The summed E-state index contributed by atoms with van der Waals surface area (Å²) in [5.41, 5.74) is 7.39. The molecule has 1 heterocycles. The van der Waals surface area contributed by atoms with E-state index in [9.17, 15) is 4.79 Å². The number of amides is 1. The molecule has 1 fully saturated rings. The molecule has 0 spiro atoms. The minimum absolute atomic E-state index is 0.135. The minimum atomic E-state index is 0.135. The van der Waals surface area contributed by atoms with Crippen LogP contribution in [0.5, 0.6) is 0 Å². The summed E-state index contributed by atoms with van der Waals surface area (Å²) < 4.78 is 5.44. The first kappa shape index (κ1) is 13.9. The highest BCUT2D eigenvalue weighted by atomic mass is 16.5. The molecule has 1 aliphatic heterocycles. The Morgan fingerprint density at radius 2 is 2.37 bits per heavy atom. The van der Waals surface area contributed by atoms with Crippen molar-refractivity contribution < 1.29 is 9.53 Å². The van der Waals surface area contributed by atoms with E-state index in [4.69, 9.17) is 10.5 Å². The van der Waals surface area contributed by atoms with Gasteiger partial charge >= 0.3 is 0 Å². The third-order valence-electron chi connectivity index (χ3n) is 3.52. The normalized spacial score (nSPS) is 19.1. The molecular formula is C15H22N2O2. The van der Waals surface area contributed by atoms with Crippen molar-refractivity contribution >= 4 is 11.6 Å². The molecule has 1 saturated heterocycles. The van der Waals surface area contributed by atoms with Crippen molar-refractivity contribution in [2.45, 2.75) is 19.3 Å². The lowest BCUT2D eigenvalue weighted by atomic mass is 10.0. The van der Waals surface area contributed by atoms with Gasteiger partial charge in [-0.1, -0.05) is 12.1 Å². The van der Waals surface area contributed by atoms with Crippen molar-refractivity contribution in [1.29, 1.82) is 0 Å². The van der Waals surface area contributed by atoms with E-state index in [1.54, 1.807) is 0 Å². The van der Waals surface area contributed by atoms with Gasteiger partial charge in [0, 0.05) is 25.9 Å². The molecule has 0 bridgehead atoms. The van der Waals surface area contributed by atoms with E-state index < -0.39 is 0 Å². The average molecular weight is 262 g/mol. The molecule has 0 aliphatic carbocycles. The molecular weight excluding hydrogens is 240 g/mol. The van der Waals surface area contributed by atoms with Crippen LogP contribution in [-0.2, 0) is 16.0 Å². The van der Waals surface area contributed by atoms with Crippen LogP contribution in [0.15, 0.2) is 24.3 Å². The molecule has 1 unspecified atom stereocenters. The van der Waals surface area contributed by atoms with Gasteiger partial charge in [0.2, 0.25) is 5.91 Å². The molecule has 19 heavy (non-hydrogen) atoms. The van der Waals surface area contributed by atoms with Crippen LogP contribution < -0.4 is 5.73 Å². The van der Waals surface area contributed by atoms with Crippen molar-refractivity contribution in [3.8, 4) is 0 Å². The molecule has 2 N–H and O–H groups in total. The zero-order valence-corrected chi connectivity index (χ0v) is 11.5. The quantitative estimate of drug-likeness (QED) is 0.840. The highest BCUT2D eigenvalue weighted by Gasteiger charge is 2.18. The number of likely N-dealkylation sites (N-methyl/N-ethyl adjacent to an activating group) is 1. The number of nitrogens with two attached hydrogens (primary N) is 1. The molecule has 104 valence electrons. The fourth-order valence-corrected chi connectivity index (χ4v) is 2.45. The lowest BCUT2D eigenvalue weighted by Gasteiger charge is -2.27. The van der Waals surface area contributed by atoms with E-state index in [-0.39, 0.29) is 5.91 Å². The van der Waals surface area contributed by atoms with Crippen LogP contribution in [0.25, 0.3) is 0 Å². The van der Waals surface area contributed by atoms with Gasteiger partial charge in [0.25, 0.3) is 0 Å². The van der Waals surface area contributed by atoms with Crippen molar-refractivity contribution in [1.82, 2.24) is 4.90 Å². The van der Waals surface area contributed by atoms with Crippen molar-refractivity contribution in [3.05, 3.63) is 29.8 Å². The van der Waals surface area contributed by atoms with Gasteiger partial charge < -0.3 is 15.4 Å². The SMILES string of the molecule is CN(CC1CCCOC1)C(=O)Cc1cccc(N)c1. The number of anilines is 1. The Morgan fingerprint density at radius 1 is 1.53 bits per heavy atom. The third-order valence-corrected chi connectivity index (χ3v) is 3.52. The zero-order chi connectivity index (χ0) is 13.7. The molecule has 1 aromatic rings. The number of hydrogen-bond donors (Lipinski definition) is 1. The minimum Gasteiger partial charge on any atom is -0.399 e. The highest BCUT2D eigenvalue weighted by molar-refractivity contribution is 5.78. The second-order valence-electron chi connectivity index (χ2n) is 5.28. The number of nitrogens with zero attached hydrogens (tertiary/aromatic N) is 1. The standard InChI is InChI=1S/C15H22N2O2/c1-17(10-13-5-3-7-19-11-13)15(18)9-12-4-2-6-14(16)8-12/h2,4,6,8,13H,3,5,7,9-11,16H2,1H3. The Labute approximate surface area is 114 Å². The van der Waals surface area contributed by atoms with E-state index in [0.717, 1.165) is 38.2 Å². The maximum atomic E-state index is 12.1. The van der Waals surface area contributed by atoms with E-state index in [2.05, 4.69) is 0 Å². The Hall–Kier alpha value is -1.55. The summed E-state index contributed by atoms with van der Waals surface area (Å²) in [6.07, 6.45) is 2.66. The summed E-state index contributed by atoms with van der Waals surface area (Å²) in [4.78, 5) is 13.9. The number of benzene rings is 1. The maximum Gasteiger partial charge on any atom is 0.226 e. The van der Waals surface area contributed by atoms with Crippen LogP contribution in [0.1, 0.15) is 18.4 Å². The third kappa shape index (κ3) is 4.24. The van der Waals surface area contributed by atoms with Gasteiger partial charge in [0.1, 0.15) is 0 Å². The molecule has 0 saturated carbocycles. The van der Waals surface area contributed by atoms with E-state index >= 15 is 0 Å². The summed E-state index contributed by atoms with van der Waals surface area (Å²) in [6.45, 7) is 2.41. The number of nitrogen functional groups attached to an aromatic ring is 1. The molecule has 2 rings (SSSR count). The highest BCUT2D eigenvalue weighted by Crippen LogP contribution is 2.15. The van der Waals surface area contributed by atoms with Gasteiger partial charge in [0.15, 0.2) is 0 Å². The summed E-state index contributed by atoms with van der Waals surface area (Å²) in [5, 5.41) is 0. The van der Waals surface area contributed by atoms with Crippen LogP contribution in [0, 0.1) is 5.92 Å². The number of hydrogen-bond acceptors (Lipinski definition) is 3. The summed E-state index contributed by atoms with van der Waals surface area (Å²) >= 11 is 0. The molecule has 4 nitrogen and oxygen atoms in total.